The van der Waals surface area contributed by atoms with E-state index in [4.69, 9.17) is 9.47 Å². The van der Waals surface area contributed by atoms with Gasteiger partial charge in [0.05, 0.1) is 7.11 Å². The smallest absolute Gasteiger partial charge is 0.265 e. The van der Waals surface area contributed by atoms with Crippen LogP contribution in [0.25, 0.3) is 0 Å². The maximum Gasteiger partial charge on any atom is 0.265 e. The molecule has 3 rings (SSSR count). The fourth-order valence-corrected chi connectivity index (χ4v) is 3.09. The minimum atomic E-state index is -0.540. The summed E-state index contributed by atoms with van der Waals surface area (Å²) < 4.78 is 11.0. The zero-order chi connectivity index (χ0) is 18.4. The van der Waals surface area contributed by atoms with Crippen molar-refractivity contribution in [3.8, 4) is 11.5 Å². The van der Waals surface area contributed by atoms with Crippen LogP contribution in [0.1, 0.15) is 26.2 Å². The van der Waals surface area contributed by atoms with E-state index in [1.54, 1.807) is 19.2 Å². The van der Waals surface area contributed by atoms with Gasteiger partial charge in [-0.2, -0.15) is 0 Å². The maximum absolute atomic E-state index is 12.5. The Hall–Kier alpha value is -2.69. The molecule has 0 unspecified atom stereocenters. The van der Waals surface area contributed by atoms with Crippen LogP contribution in [-0.2, 0) is 4.79 Å². The molecule has 26 heavy (non-hydrogen) atoms. The van der Waals surface area contributed by atoms with Crippen LogP contribution in [0.2, 0.25) is 0 Å². The van der Waals surface area contributed by atoms with Gasteiger partial charge in [-0.1, -0.05) is 6.92 Å². The van der Waals surface area contributed by atoms with Gasteiger partial charge in [0.15, 0.2) is 6.10 Å². The fraction of sp³-hybridized carbons (Fsp3) is 0.381. The third-order valence-electron chi connectivity index (χ3n) is 4.61. The maximum atomic E-state index is 12.5. The standard InChI is InChI=1S/C21H26N2O3/c1-3-20(26-19-12-10-18(25-2)11-13-19)21(24)22-16-6-8-17(9-7-16)23-14-4-5-15-23/h6-13,20H,3-5,14-15H2,1-2H3,(H,22,24)/t20-/m1/s1. The summed E-state index contributed by atoms with van der Waals surface area (Å²) in [7, 11) is 1.62. The van der Waals surface area contributed by atoms with Gasteiger partial charge >= 0.3 is 0 Å². The summed E-state index contributed by atoms with van der Waals surface area (Å²) in [5.74, 6) is 1.27. The average Bonchev–Trinajstić information content (AvgIpc) is 3.22. The molecule has 1 saturated heterocycles. The molecule has 1 aliphatic heterocycles. The molecule has 2 aromatic rings. The van der Waals surface area contributed by atoms with Gasteiger partial charge < -0.3 is 19.7 Å². The molecule has 5 heteroatoms. The van der Waals surface area contributed by atoms with Crippen molar-refractivity contribution in [3.05, 3.63) is 48.5 Å². The number of rotatable bonds is 7. The molecule has 0 aromatic heterocycles. The van der Waals surface area contributed by atoms with E-state index in [1.165, 1.54) is 18.5 Å². The average molecular weight is 354 g/mol. The number of hydrogen-bond acceptors (Lipinski definition) is 4. The molecule has 1 aliphatic rings. The number of carbonyl (C=O) groups excluding carboxylic acids is 1. The van der Waals surface area contributed by atoms with Gasteiger partial charge in [-0.15, -0.1) is 0 Å². The van der Waals surface area contributed by atoms with E-state index in [9.17, 15) is 4.79 Å². The van der Waals surface area contributed by atoms with Crippen LogP contribution < -0.4 is 19.7 Å². The van der Waals surface area contributed by atoms with Gasteiger partial charge in [0, 0.05) is 24.5 Å². The second-order valence-electron chi connectivity index (χ2n) is 6.42. The van der Waals surface area contributed by atoms with Crippen molar-refractivity contribution in [1.29, 1.82) is 0 Å². The minimum Gasteiger partial charge on any atom is -0.497 e. The van der Waals surface area contributed by atoms with Crippen molar-refractivity contribution in [3.63, 3.8) is 0 Å². The molecule has 0 spiro atoms. The normalized spacial score (nSPS) is 14.8. The number of hydrogen-bond donors (Lipinski definition) is 1. The SMILES string of the molecule is CC[C@@H](Oc1ccc(OC)cc1)C(=O)Nc1ccc(N2CCCC2)cc1. The molecule has 1 amide bonds. The van der Waals surface area contributed by atoms with E-state index in [0.717, 1.165) is 24.5 Å². The molecule has 0 aliphatic carbocycles. The predicted molar refractivity (Wildman–Crippen MR) is 104 cm³/mol. The molecule has 1 fully saturated rings. The van der Waals surface area contributed by atoms with Crippen LogP contribution in [-0.4, -0.2) is 32.2 Å². The highest BCUT2D eigenvalue weighted by Crippen LogP contribution is 2.23. The Labute approximate surface area is 154 Å². The Morgan fingerprint density at radius 3 is 2.23 bits per heavy atom. The summed E-state index contributed by atoms with van der Waals surface area (Å²) in [5, 5.41) is 2.95. The summed E-state index contributed by atoms with van der Waals surface area (Å²) in [6.07, 6.45) is 2.55. The number of carbonyl (C=O) groups is 1. The molecule has 0 radical (unpaired) electrons. The zero-order valence-corrected chi connectivity index (χ0v) is 15.4. The Kier molecular flexibility index (Phi) is 6.00. The van der Waals surface area contributed by atoms with Crippen molar-refractivity contribution in [2.24, 2.45) is 0 Å². The molecular weight excluding hydrogens is 328 g/mol. The summed E-state index contributed by atoms with van der Waals surface area (Å²) in [4.78, 5) is 14.9. The van der Waals surface area contributed by atoms with E-state index in [-0.39, 0.29) is 5.91 Å². The Bertz CT molecular complexity index is 707. The molecular formula is C21H26N2O3. The van der Waals surface area contributed by atoms with Crippen LogP contribution in [0.4, 0.5) is 11.4 Å². The van der Waals surface area contributed by atoms with Crippen LogP contribution >= 0.6 is 0 Å². The van der Waals surface area contributed by atoms with Gasteiger partial charge in [0.1, 0.15) is 11.5 Å². The topological polar surface area (TPSA) is 50.8 Å². The molecule has 2 aromatic carbocycles. The number of nitrogens with zero attached hydrogens (tertiary/aromatic N) is 1. The number of methoxy groups -OCH3 is 1. The quantitative estimate of drug-likeness (QED) is 0.814. The van der Waals surface area contributed by atoms with Crippen molar-refractivity contribution in [1.82, 2.24) is 0 Å². The van der Waals surface area contributed by atoms with E-state index in [2.05, 4.69) is 22.3 Å². The number of nitrogens with one attached hydrogen (secondary N) is 1. The number of ether oxygens (including phenoxy) is 2. The van der Waals surface area contributed by atoms with Crippen molar-refractivity contribution in [2.45, 2.75) is 32.3 Å². The molecule has 0 saturated carbocycles. The lowest BCUT2D eigenvalue weighted by Crippen LogP contribution is -2.32. The minimum absolute atomic E-state index is 0.141. The Balaban J connectivity index is 1.59. The van der Waals surface area contributed by atoms with E-state index >= 15 is 0 Å². The van der Waals surface area contributed by atoms with Gasteiger partial charge in [0.25, 0.3) is 5.91 Å². The number of anilines is 2. The Morgan fingerprint density at radius 2 is 1.65 bits per heavy atom. The van der Waals surface area contributed by atoms with Crippen molar-refractivity contribution in [2.75, 3.05) is 30.4 Å². The number of benzene rings is 2. The first kappa shape index (κ1) is 18.1. The van der Waals surface area contributed by atoms with Gasteiger partial charge in [-0.3, -0.25) is 4.79 Å². The monoisotopic (exact) mass is 354 g/mol. The second-order valence-corrected chi connectivity index (χ2v) is 6.42. The van der Waals surface area contributed by atoms with Crippen LogP contribution in [0, 0.1) is 0 Å². The lowest BCUT2D eigenvalue weighted by atomic mass is 10.2. The molecule has 1 N–H and O–H groups in total. The highest BCUT2D eigenvalue weighted by molar-refractivity contribution is 5.94. The van der Waals surface area contributed by atoms with E-state index < -0.39 is 6.10 Å². The third kappa shape index (κ3) is 4.48. The second kappa shape index (κ2) is 8.61. The highest BCUT2D eigenvalue weighted by atomic mass is 16.5. The molecule has 1 atom stereocenters. The van der Waals surface area contributed by atoms with Crippen molar-refractivity contribution >= 4 is 17.3 Å². The zero-order valence-electron chi connectivity index (χ0n) is 15.4. The first-order chi connectivity index (χ1) is 12.7. The van der Waals surface area contributed by atoms with Gasteiger partial charge in [0.2, 0.25) is 0 Å². The van der Waals surface area contributed by atoms with Gasteiger partial charge in [-0.05, 0) is 67.8 Å². The van der Waals surface area contributed by atoms with Gasteiger partial charge in [-0.25, -0.2) is 0 Å². The fourth-order valence-electron chi connectivity index (χ4n) is 3.09. The predicted octanol–water partition coefficient (Wildman–Crippen LogP) is 4.09. The Morgan fingerprint density at radius 1 is 1.04 bits per heavy atom. The molecule has 0 bridgehead atoms. The highest BCUT2D eigenvalue weighted by Gasteiger charge is 2.19. The summed E-state index contributed by atoms with van der Waals surface area (Å²) >= 11 is 0. The third-order valence-corrected chi connectivity index (χ3v) is 4.61. The van der Waals surface area contributed by atoms with Crippen molar-refractivity contribution < 1.29 is 14.3 Å². The van der Waals surface area contributed by atoms with E-state index in [1.807, 2.05) is 31.2 Å². The summed E-state index contributed by atoms with van der Waals surface area (Å²) in [6.45, 7) is 4.16. The lowest BCUT2D eigenvalue weighted by molar-refractivity contribution is -0.122. The molecule has 138 valence electrons. The molecule has 1 heterocycles. The first-order valence-corrected chi connectivity index (χ1v) is 9.16. The van der Waals surface area contributed by atoms with Crippen LogP contribution in [0.3, 0.4) is 0 Å². The summed E-state index contributed by atoms with van der Waals surface area (Å²) in [5.41, 5.74) is 2.00. The summed E-state index contributed by atoms with van der Waals surface area (Å²) in [6, 6.07) is 15.3. The van der Waals surface area contributed by atoms with E-state index in [0.29, 0.717) is 12.2 Å². The first-order valence-electron chi connectivity index (χ1n) is 9.16. The lowest BCUT2D eigenvalue weighted by Gasteiger charge is -2.19. The largest absolute Gasteiger partial charge is 0.497 e. The molecule has 5 nitrogen and oxygen atoms in total. The van der Waals surface area contributed by atoms with Crippen LogP contribution in [0.5, 0.6) is 11.5 Å². The van der Waals surface area contributed by atoms with Crippen LogP contribution in [0.15, 0.2) is 48.5 Å². The number of amides is 1.